The van der Waals surface area contributed by atoms with E-state index in [4.69, 9.17) is 0 Å². The first-order chi connectivity index (χ1) is 9.24. The number of aromatic nitrogens is 1. The highest BCUT2D eigenvalue weighted by atomic mass is 35.5. The van der Waals surface area contributed by atoms with Crippen molar-refractivity contribution in [3.63, 3.8) is 0 Å². The summed E-state index contributed by atoms with van der Waals surface area (Å²) in [5.74, 6) is -0.182. The second-order valence-electron chi connectivity index (χ2n) is 5.16. The molecule has 3 rings (SSSR count). The minimum absolute atomic E-state index is 0. The minimum Gasteiger partial charge on any atom is -0.314 e. The fourth-order valence-electron chi connectivity index (χ4n) is 2.68. The highest BCUT2D eigenvalue weighted by molar-refractivity contribution is 5.85. The first-order valence-electron chi connectivity index (χ1n) is 6.72. The molecule has 2 heterocycles. The van der Waals surface area contributed by atoms with Crippen molar-refractivity contribution in [3.8, 4) is 0 Å². The van der Waals surface area contributed by atoms with Crippen LogP contribution in [0.2, 0.25) is 0 Å². The van der Waals surface area contributed by atoms with Crippen LogP contribution >= 0.6 is 24.8 Å². The molecule has 0 spiro atoms. The van der Waals surface area contributed by atoms with Crippen molar-refractivity contribution in [2.75, 3.05) is 19.6 Å². The van der Waals surface area contributed by atoms with Crippen LogP contribution in [-0.4, -0.2) is 35.6 Å². The van der Waals surface area contributed by atoms with Crippen LogP contribution in [0.15, 0.2) is 30.5 Å². The third-order valence-corrected chi connectivity index (χ3v) is 3.76. The Labute approximate surface area is 136 Å². The molecule has 1 aliphatic rings. The molecule has 1 atom stereocenters. The molecule has 0 aliphatic carbocycles. The quantitative estimate of drug-likeness (QED) is 0.916. The third-order valence-electron chi connectivity index (χ3n) is 3.76. The van der Waals surface area contributed by atoms with E-state index in [1.165, 1.54) is 0 Å². The van der Waals surface area contributed by atoms with E-state index in [1.807, 2.05) is 12.1 Å². The van der Waals surface area contributed by atoms with Crippen LogP contribution < -0.4 is 5.32 Å². The van der Waals surface area contributed by atoms with Gasteiger partial charge in [0.1, 0.15) is 5.82 Å². The van der Waals surface area contributed by atoms with E-state index in [-0.39, 0.29) is 30.6 Å². The number of halogens is 3. The summed E-state index contributed by atoms with van der Waals surface area (Å²) in [6.45, 7) is 5.92. The molecule has 116 valence electrons. The summed E-state index contributed by atoms with van der Waals surface area (Å²) in [5, 5.41) is 4.24. The first-order valence-corrected chi connectivity index (χ1v) is 6.72. The standard InChI is InChI=1S/C15H18FN3.2ClH/c1-11-9-17-5-6-19(11)10-13-8-14(16)7-12-3-2-4-18-15(12)13;;/h2-4,7-8,11,17H,5-6,9-10H2,1H3;2*1H/t11-;;/m1../s1. The highest BCUT2D eigenvalue weighted by Gasteiger charge is 2.19. The average Bonchev–Trinajstić information content (AvgIpc) is 2.41. The van der Waals surface area contributed by atoms with E-state index in [2.05, 4.69) is 22.1 Å². The summed E-state index contributed by atoms with van der Waals surface area (Å²) in [6.07, 6.45) is 1.77. The largest absolute Gasteiger partial charge is 0.314 e. The fraction of sp³-hybridized carbons (Fsp3) is 0.400. The SMILES string of the molecule is C[C@@H]1CNCCN1Cc1cc(F)cc2cccnc12.Cl.Cl. The molecule has 0 saturated carbocycles. The molecule has 0 unspecified atom stereocenters. The second kappa shape index (κ2) is 7.90. The second-order valence-corrected chi connectivity index (χ2v) is 5.16. The highest BCUT2D eigenvalue weighted by Crippen LogP contribution is 2.21. The zero-order valence-corrected chi connectivity index (χ0v) is 13.5. The summed E-state index contributed by atoms with van der Waals surface area (Å²) in [5.41, 5.74) is 1.89. The number of hydrogen-bond donors (Lipinski definition) is 1. The van der Waals surface area contributed by atoms with Crippen molar-refractivity contribution in [2.24, 2.45) is 0 Å². The molecule has 0 amide bonds. The predicted molar refractivity (Wildman–Crippen MR) is 88.9 cm³/mol. The number of pyridine rings is 1. The molecule has 6 heteroatoms. The Balaban J connectivity index is 0.00000110. The van der Waals surface area contributed by atoms with Gasteiger partial charge in [-0.3, -0.25) is 9.88 Å². The van der Waals surface area contributed by atoms with Gasteiger partial charge in [-0.1, -0.05) is 6.07 Å². The Morgan fingerprint density at radius 1 is 1.38 bits per heavy atom. The van der Waals surface area contributed by atoms with Crippen LogP contribution in [0.25, 0.3) is 10.9 Å². The Morgan fingerprint density at radius 2 is 2.19 bits per heavy atom. The van der Waals surface area contributed by atoms with E-state index >= 15 is 0 Å². The van der Waals surface area contributed by atoms with Crippen molar-refractivity contribution in [2.45, 2.75) is 19.5 Å². The zero-order valence-electron chi connectivity index (χ0n) is 11.9. The van der Waals surface area contributed by atoms with E-state index in [0.717, 1.165) is 42.6 Å². The maximum absolute atomic E-state index is 13.7. The Kier molecular flexibility index (Phi) is 6.81. The molecular formula is C15H20Cl2FN3. The summed E-state index contributed by atoms with van der Waals surface area (Å²) in [7, 11) is 0. The van der Waals surface area contributed by atoms with Gasteiger partial charge in [-0.25, -0.2) is 4.39 Å². The van der Waals surface area contributed by atoms with Crippen LogP contribution in [0, 0.1) is 5.82 Å². The molecule has 1 saturated heterocycles. The Hall–Kier alpha value is -0.940. The average molecular weight is 332 g/mol. The van der Waals surface area contributed by atoms with Crippen LogP contribution in [-0.2, 0) is 6.54 Å². The summed E-state index contributed by atoms with van der Waals surface area (Å²) in [6, 6.07) is 7.39. The van der Waals surface area contributed by atoms with Gasteiger partial charge in [-0.05, 0) is 30.7 Å². The summed E-state index contributed by atoms with van der Waals surface area (Å²) in [4.78, 5) is 6.78. The molecule has 21 heavy (non-hydrogen) atoms. The molecule has 1 aliphatic heterocycles. The monoisotopic (exact) mass is 331 g/mol. The number of benzene rings is 1. The summed E-state index contributed by atoms with van der Waals surface area (Å²) >= 11 is 0. The van der Waals surface area contributed by atoms with Gasteiger partial charge in [-0.2, -0.15) is 0 Å². The van der Waals surface area contributed by atoms with Gasteiger partial charge in [-0.15, -0.1) is 24.8 Å². The Bertz CT molecular complexity index is 594. The zero-order chi connectivity index (χ0) is 13.2. The number of rotatable bonds is 2. The van der Waals surface area contributed by atoms with Gasteiger partial charge in [0.2, 0.25) is 0 Å². The van der Waals surface area contributed by atoms with Crippen molar-refractivity contribution in [1.29, 1.82) is 0 Å². The van der Waals surface area contributed by atoms with Crippen LogP contribution in [0.3, 0.4) is 0 Å². The van der Waals surface area contributed by atoms with Gasteiger partial charge in [0.25, 0.3) is 0 Å². The number of nitrogens with one attached hydrogen (secondary N) is 1. The first kappa shape index (κ1) is 18.1. The van der Waals surface area contributed by atoms with Crippen molar-refractivity contribution < 1.29 is 4.39 Å². The minimum atomic E-state index is -0.182. The van der Waals surface area contributed by atoms with E-state index in [0.29, 0.717) is 6.04 Å². The lowest BCUT2D eigenvalue weighted by atomic mass is 10.1. The molecule has 1 aromatic carbocycles. The summed E-state index contributed by atoms with van der Waals surface area (Å²) < 4.78 is 13.7. The van der Waals surface area contributed by atoms with E-state index in [1.54, 1.807) is 18.3 Å². The number of hydrogen-bond acceptors (Lipinski definition) is 3. The smallest absolute Gasteiger partial charge is 0.124 e. The molecular weight excluding hydrogens is 312 g/mol. The van der Waals surface area contributed by atoms with Gasteiger partial charge >= 0.3 is 0 Å². The lowest BCUT2D eigenvalue weighted by Crippen LogP contribution is -2.49. The third kappa shape index (κ3) is 4.04. The van der Waals surface area contributed by atoms with Gasteiger partial charge in [0.05, 0.1) is 5.52 Å². The molecule has 2 aromatic rings. The molecule has 3 nitrogen and oxygen atoms in total. The van der Waals surface area contributed by atoms with Crippen LogP contribution in [0.5, 0.6) is 0 Å². The van der Waals surface area contributed by atoms with Crippen molar-refractivity contribution in [1.82, 2.24) is 15.2 Å². The van der Waals surface area contributed by atoms with Gasteiger partial charge in [0, 0.05) is 43.8 Å². The maximum Gasteiger partial charge on any atom is 0.124 e. The molecule has 1 N–H and O–H groups in total. The van der Waals surface area contributed by atoms with E-state index in [9.17, 15) is 4.39 Å². The lowest BCUT2D eigenvalue weighted by Gasteiger charge is -2.34. The Morgan fingerprint density at radius 3 is 2.95 bits per heavy atom. The maximum atomic E-state index is 13.7. The molecule has 0 radical (unpaired) electrons. The number of piperazine rings is 1. The van der Waals surface area contributed by atoms with Crippen LogP contribution in [0.1, 0.15) is 12.5 Å². The molecule has 0 bridgehead atoms. The van der Waals surface area contributed by atoms with Gasteiger partial charge in [0.15, 0.2) is 0 Å². The normalized spacial score (nSPS) is 18.9. The fourth-order valence-corrected chi connectivity index (χ4v) is 2.68. The van der Waals surface area contributed by atoms with Gasteiger partial charge < -0.3 is 5.32 Å². The van der Waals surface area contributed by atoms with E-state index < -0.39 is 0 Å². The predicted octanol–water partition coefficient (Wildman–Crippen LogP) is 3.01. The van der Waals surface area contributed by atoms with Crippen LogP contribution in [0.4, 0.5) is 4.39 Å². The molecule has 1 fully saturated rings. The topological polar surface area (TPSA) is 28.2 Å². The number of fused-ring (bicyclic) bond motifs is 1. The van der Waals surface area contributed by atoms with Crippen molar-refractivity contribution in [3.05, 3.63) is 41.8 Å². The lowest BCUT2D eigenvalue weighted by molar-refractivity contribution is 0.166. The molecule has 1 aromatic heterocycles. The van der Waals surface area contributed by atoms with Crippen molar-refractivity contribution >= 4 is 35.7 Å². The number of nitrogens with zero attached hydrogens (tertiary/aromatic N) is 2.